The van der Waals surface area contributed by atoms with E-state index in [1.807, 2.05) is 24.1 Å². The van der Waals surface area contributed by atoms with Gasteiger partial charge < -0.3 is 10.6 Å². The molecular formula is C15H16ClFN2. The van der Waals surface area contributed by atoms with Gasteiger partial charge in [0.2, 0.25) is 0 Å². The van der Waals surface area contributed by atoms with Gasteiger partial charge in [-0.15, -0.1) is 0 Å². The molecule has 2 rings (SSSR count). The molecule has 2 aromatic carbocycles. The summed E-state index contributed by atoms with van der Waals surface area (Å²) in [6, 6.07) is 10.9. The minimum absolute atomic E-state index is 0.0706. The van der Waals surface area contributed by atoms with Gasteiger partial charge in [0, 0.05) is 18.8 Å². The highest BCUT2D eigenvalue weighted by molar-refractivity contribution is 6.31. The molecule has 2 nitrogen and oxygen atoms in total. The molecule has 0 aromatic heterocycles. The average Bonchev–Trinajstić information content (AvgIpc) is 2.42. The topological polar surface area (TPSA) is 29.3 Å². The summed E-state index contributed by atoms with van der Waals surface area (Å²) in [5.74, 6) is -0.502. The summed E-state index contributed by atoms with van der Waals surface area (Å²) in [4.78, 5) is 1.89. The van der Waals surface area contributed by atoms with Crippen molar-refractivity contribution in [3.63, 3.8) is 0 Å². The predicted molar refractivity (Wildman–Crippen MR) is 79.7 cm³/mol. The third-order valence-electron chi connectivity index (χ3n) is 3.16. The fourth-order valence-corrected chi connectivity index (χ4v) is 2.09. The normalized spacial score (nSPS) is 10.5. The summed E-state index contributed by atoms with van der Waals surface area (Å²) in [5, 5.41) is 0.0706. The molecule has 0 bridgehead atoms. The molecule has 0 aliphatic carbocycles. The van der Waals surface area contributed by atoms with Crippen LogP contribution in [0.2, 0.25) is 5.02 Å². The molecule has 0 saturated heterocycles. The SMILES string of the molecule is CCc1ccc(N(C)c2cc(Cl)c(F)cc2N)cc1. The lowest BCUT2D eigenvalue weighted by Crippen LogP contribution is -2.12. The number of nitrogens with two attached hydrogens (primary N) is 1. The van der Waals surface area contributed by atoms with Gasteiger partial charge in [-0.2, -0.15) is 0 Å². The standard InChI is InChI=1S/C15H16ClFN2/c1-3-10-4-6-11(7-5-10)19(2)15-8-12(16)13(17)9-14(15)18/h4-9H,3,18H2,1-2H3. The quantitative estimate of drug-likeness (QED) is 0.844. The van der Waals surface area contributed by atoms with Gasteiger partial charge >= 0.3 is 0 Å². The van der Waals surface area contributed by atoms with Crippen molar-refractivity contribution in [2.24, 2.45) is 0 Å². The van der Waals surface area contributed by atoms with Crippen LogP contribution in [0.25, 0.3) is 0 Å². The predicted octanol–water partition coefficient (Wildman–Crippen LogP) is 4.39. The van der Waals surface area contributed by atoms with Crippen LogP contribution in [0.1, 0.15) is 12.5 Å². The molecule has 0 radical (unpaired) electrons. The highest BCUT2D eigenvalue weighted by atomic mass is 35.5. The van der Waals surface area contributed by atoms with Gasteiger partial charge in [-0.1, -0.05) is 30.7 Å². The smallest absolute Gasteiger partial charge is 0.143 e. The Labute approximate surface area is 117 Å². The lowest BCUT2D eigenvalue weighted by Gasteiger charge is -2.22. The van der Waals surface area contributed by atoms with E-state index >= 15 is 0 Å². The van der Waals surface area contributed by atoms with E-state index in [4.69, 9.17) is 17.3 Å². The Hall–Kier alpha value is -1.74. The van der Waals surface area contributed by atoms with Crippen LogP contribution in [0.5, 0.6) is 0 Å². The minimum Gasteiger partial charge on any atom is -0.397 e. The van der Waals surface area contributed by atoms with Gasteiger partial charge in [-0.05, 0) is 30.2 Å². The first-order chi connectivity index (χ1) is 9.02. The van der Waals surface area contributed by atoms with Gasteiger partial charge in [0.25, 0.3) is 0 Å². The second-order valence-corrected chi connectivity index (χ2v) is 4.81. The van der Waals surface area contributed by atoms with Gasteiger partial charge in [-0.3, -0.25) is 0 Å². The highest BCUT2D eigenvalue weighted by Gasteiger charge is 2.11. The van der Waals surface area contributed by atoms with Crippen LogP contribution in [0, 0.1) is 5.82 Å². The maximum atomic E-state index is 13.3. The monoisotopic (exact) mass is 278 g/mol. The lowest BCUT2D eigenvalue weighted by molar-refractivity contribution is 0.629. The maximum Gasteiger partial charge on any atom is 0.143 e. The van der Waals surface area contributed by atoms with E-state index < -0.39 is 5.82 Å². The minimum atomic E-state index is -0.502. The molecule has 0 aliphatic rings. The number of halogens is 2. The lowest BCUT2D eigenvalue weighted by atomic mass is 10.1. The number of benzene rings is 2. The Bertz CT molecular complexity index is 581. The van der Waals surface area contributed by atoms with Crippen molar-refractivity contribution in [1.82, 2.24) is 0 Å². The fourth-order valence-electron chi connectivity index (χ4n) is 1.94. The van der Waals surface area contributed by atoms with Crippen LogP contribution >= 0.6 is 11.6 Å². The van der Waals surface area contributed by atoms with Crippen molar-refractivity contribution in [3.05, 3.63) is 52.8 Å². The summed E-state index contributed by atoms with van der Waals surface area (Å²) in [6.45, 7) is 2.11. The molecule has 2 aromatic rings. The molecule has 0 atom stereocenters. The summed E-state index contributed by atoms with van der Waals surface area (Å²) in [5.41, 5.74) is 9.14. The fraction of sp³-hybridized carbons (Fsp3) is 0.200. The van der Waals surface area contributed by atoms with Crippen molar-refractivity contribution < 1.29 is 4.39 Å². The van der Waals surface area contributed by atoms with E-state index in [0.29, 0.717) is 11.4 Å². The van der Waals surface area contributed by atoms with Crippen LogP contribution in [0.3, 0.4) is 0 Å². The molecule has 19 heavy (non-hydrogen) atoms. The number of rotatable bonds is 3. The molecule has 2 N–H and O–H groups in total. The highest BCUT2D eigenvalue weighted by Crippen LogP contribution is 2.33. The van der Waals surface area contributed by atoms with E-state index in [1.165, 1.54) is 11.6 Å². The number of aryl methyl sites for hydroxylation is 1. The molecule has 0 heterocycles. The summed E-state index contributed by atoms with van der Waals surface area (Å²) < 4.78 is 13.3. The zero-order valence-electron chi connectivity index (χ0n) is 11.0. The van der Waals surface area contributed by atoms with Crippen molar-refractivity contribution in [2.45, 2.75) is 13.3 Å². The first-order valence-corrected chi connectivity index (χ1v) is 6.48. The Morgan fingerprint density at radius 3 is 2.42 bits per heavy atom. The van der Waals surface area contributed by atoms with Crippen molar-refractivity contribution in [2.75, 3.05) is 17.7 Å². The summed E-state index contributed by atoms with van der Waals surface area (Å²) >= 11 is 5.81. The number of hydrogen-bond acceptors (Lipinski definition) is 2. The molecular weight excluding hydrogens is 263 g/mol. The van der Waals surface area contributed by atoms with Crippen LogP contribution < -0.4 is 10.6 Å². The third kappa shape index (κ3) is 2.82. The van der Waals surface area contributed by atoms with E-state index in [0.717, 1.165) is 12.1 Å². The van der Waals surface area contributed by atoms with Crippen molar-refractivity contribution >= 4 is 28.7 Å². The third-order valence-corrected chi connectivity index (χ3v) is 3.45. The number of hydrogen-bond donors (Lipinski definition) is 1. The van der Waals surface area contributed by atoms with Crippen molar-refractivity contribution in [3.8, 4) is 0 Å². The largest absolute Gasteiger partial charge is 0.397 e. The Kier molecular flexibility index (Phi) is 3.96. The first kappa shape index (κ1) is 13.7. The first-order valence-electron chi connectivity index (χ1n) is 6.10. The zero-order chi connectivity index (χ0) is 14.0. The number of nitrogens with zero attached hydrogens (tertiary/aromatic N) is 1. The van der Waals surface area contributed by atoms with Crippen LogP contribution in [0.4, 0.5) is 21.5 Å². The van der Waals surface area contributed by atoms with Gasteiger partial charge in [-0.25, -0.2) is 4.39 Å². The average molecular weight is 279 g/mol. The number of nitrogen functional groups attached to an aromatic ring is 1. The zero-order valence-corrected chi connectivity index (χ0v) is 11.7. The summed E-state index contributed by atoms with van der Waals surface area (Å²) in [7, 11) is 1.88. The Morgan fingerprint density at radius 1 is 1.21 bits per heavy atom. The molecule has 0 fully saturated rings. The van der Waals surface area contributed by atoms with Crippen LogP contribution in [-0.4, -0.2) is 7.05 Å². The van der Waals surface area contributed by atoms with Crippen LogP contribution in [0.15, 0.2) is 36.4 Å². The molecule has 0 saturated carbocycles. The van der Waals surface area contributed by atoms with Gasteiger partial charge in [0.1, 0.15) is 5.82 Å². The van der Waals surface area contributed by atoms with E-state index in [2.05, 4.69) is 19.1 Å². The molecule has 4 heteroatoms. The molecule has 100 valence electrons. The maximum absolute atomic E-state index is 13.3. The Morgan fingerprint density at radius 2 is 1.84 bits per heavy atom. The molecule has 0 unspecified atom stereocenters. The van der Waals surface area contributed by atoms with E-state index in [1.54, 1.807) is 6.07 Å². The van der Waals surface area contributed by atoms with E-state index in [9.17, 15) is 4.39 Å². The Balaban J connectivity index is 2.37. The van der Waals surface area contributed by atoms with Crippen LogP contribution in [-0.2, 0) is 6.42 Å². The van der Waals surface area contributed by atoms with E-state index in [-0.39, 0.29) is 5.02 Å². The number of anilines is 3. The second-order valence-electron chi connectivity index (χ2n) is 4.40. The molecule has 0 amide bonds. The van der Waals surface area contributed by atoms with Gasteiger partial charge in [0.15, 0.2) is 0 Å². The second kappa shape index (κ2) is 5.49. The summed E-state index contributed by atoms with van der Waals surface area (Å²) in [6.07, 6.45) is 0.995. The molecule has 0 spiro atoms. The van der Waals surface area contributed by atoms with Gasteiger partial charge in [0.05, 0.1) is 16.4 Å². The van der Waals surface area contributed by atoms with Crippen molar-refractivity contribution in [1.29, 1.82) is 0 Å². The molecule has 0 aliphatic heterocycles.